The molecule has 2 atom stereocenters. The molecule has 0 bridgehead atoms. The van der Waals surface area contributed by atoms with Crippen LogP contribution in [0.2, 0.25) is 0 Å². The Morgan fingerprint density at radius 1 is 1.29 bits per heavy atom. The molecule has 2 aromatic rings. The number of hydrogen-bond acceptors (Lipinski definition) is 7. The van der Waals surface area contributed by atoms with Crippen molar-refractivity contribution in [3.8, 4) is 17.0 Å². The van der Waals surface area contributed by atoms with Crippen LogP contribution in [0.25, 0.3) is 11.3 Å². The lowest BCUT2D eigenvalue weighted by atomic mass is 9.93. The molecule has 0 radical (unpaired) electrons. The Morgan fingerprint density at radius 3 is 2.79 bits per heavy atom. The Hall–Kier alpha value is -2.39. The minimum Gasteiger partial charge on any atom is -0.467 e. The summed E-state index contributed by atoms with van der Waals surface area (Å²) in [5.74, 6) is 0.610. The average molecular weight is 394 g/mol. The summed E-state index contributed by atoms with van der Waals surface area (Å²) in [6.07, 6.45) is 0.420. The molecule has 1 saturated carbocycles. The topological polar surface area (TPSA) is 89.4 Å². The van der Waals surface area contributed by atoms with Crippen LogP contribution >= 0.6 is 0 Å². The number of benzene rings is 1. The molecule has 0 amide bonds. The molecule has 1 aromatic carbocycles. The minimum absolute atomic E-state index is 0.0801. The molecule has 1 fully saturated rings. The van der Waals surface area contributed by atoms with Crippen molar-refractivity contribution in [2.75, 3.05) is 19.2 Å². The molecule has 1 aliphatic carbocycles. The van der Waals surface area contributed by atoms with E-state index in [0.717, 1.165) is 19.3 Å². The molecule has 0 saturated heterocycles. The van der Waals surface area contributed by atoms with E-state index in [0.29, 0.717) is 29.3 Å². The normalized spacial score (nSPS) is 19.6. The van der Waals surface area contributed by atoms with Crippen LogP contribution in [0, 0.1) is 6.92 Å². The lowest BCUT2D eigenvalue weighted by molar-refractivity contribution is 0.0511. The van der Waals surface area contributed by atoms with Crippen molar-refractivity contribution < 1.29 is 23.4 Å². The molecule has 0 spiro atoms. The first kappa shape index (κ1) is 20.3. The van der Waals surface area contributed by atoms with Gasteiger partial charge >= 0.3 is 0 Å². The Morgan fingerprint density at radius 2 is 2.11 bits per heavy atom. The molecule has 9 heteroatoms. The highest BCUT2D eigenvalue weighted by atomic mass is 19.3. The Bertz CT molecular complexity index is 807. The fourth-order valence-corrected chi connectivity index (χ4v) is 3.30. The van der Waals surface area contributed by atoms with Gasteiger partial charge in [0, 0.05) is 24.3 Å². The van der Waals surface area contributed by atoms with E-state index >= 15 is 0 Å². The first-order valence-corrected chi connectivity index (χ1v) is 9.18. The van der Waals surface area contributed by atoms with Gasteiger partial charge in [0.05, 0.1) is 11.8 Å². The second-order valence-corrected chi connectivity index (χ2v) is 6.84. The van der Waals surface area contributed by atoms with Crippen LogP contribution in [-0.4, -0.2) is 46.3 Å². The van der Waals surface area contributed by atoms with E-state index < -0.39 is 6.43 Å². The molecule has 1 aliphatic rings. The molecule has 2 N–H and O–H groups in total. The van der Waals surface area contributed by atoms with Crippen LogP contribution in [0.5, 0.6) is 5.75 Å². The maximum Gasteiger partial charge on any atom is 0.263 e. The van der Waals surface area contributed by atoms with Crippen LogP contribution < -0.4 is 10.1 Å². The van der Waals surface area contributed by atoms with Gasteiger partial charge in [0.15, 0.2) is 6.79 Å². The van der Waals surface area contributed by atoms with Crippen LogP contribution in [0.1, 0.15) is 43.4 Å². The molecule has 3 rings (SSSR count). The number of anilines is 1. The van der Waals surface area contributed by atoms with Crippen molar-refractivity contribution in [2.24, 2.45) is 0 Å². The quantitative estimate of drug-likeness (QED) is 0.695. The highest BCUT2D eigenvalue weighted by Gasteiger charge is 2.22. The van der Waals surface area contributed by atoms with E-state index in [1.165, 1.54) is 25.3 Å². The number of nitrogens with one attached hydrogen (secondary N) is 1. The van der Waals surface area contributed by atoms with Gasteiger partial charge in [0.2, 0.25) is 5.95 Å². The van der Waals surface area contributed by atoms with E-state index in [-0.39, 0.29) is 30.3 Å². The van der Waals surface area contributed by atoms with Crippen LogP contribution in [0.15, 0.2) is 18.2 Å². The van der Waals surface area contributed by atoms with Crippen molar-refractivity contribution in [1.82, 2.24) is 15.2 Å². The fraction of sp³-hybridized carbons (Fsp3) is 0.526. The standard InChI is InChI=1S/C19H24F2N4O3/c1-11-17(15-7-6-12(18(20)21)8-16(15)28-10-27-2)24-25-19(22-11)23-13-4-3-5-14(26)9-13/h6-8,13-14,18,26H,3-5,9-10H2,1-2H3,(H,22,23,25)/t13-,14+/m1/s1. The summed E-state index contributed by atoms with van der Waals surface area (Å²) in [4.78, 5) is 4.45. The Kier molecular flexibility index (Phi) is 6.69. The number of alkyl halides is 2. The lowest BCUT2D eigenvalue weighted by Gasteiger charge is -2.26. The summed E-state index contributed by atoms with van der Waals surface area (Å²) < 4.78 is 36.4. The minimum atomic E-state index is -2.61. The van der Waals surface area contributed by atoms with Gasteiger partial charge in [-0.2, -0.15) is 0 Å². The summed E-state index contributed by atoms with van der Waals surface area (Å²) in [5, 5.41) is 21.4. The summed E-state index contributed by atoms with van der Waals surface area (Å²) >= 11 is 0. The third kappa shape index (κ3) is 4.90. The van der Waals surface area contributed by atoms with E-state index in [4.69, 9.17) is 9.47 Å². The maximum absolute atomic E-state index is 13.0. The molecule has 1 heterocycles. The van der Waals surface area contributed by atoms with Crippen molar-refractivity contribution >= 4 is 5.95 Å². The third-order valence-corrected chi connectivity index (χ3v) is 4.69. The number of methoxy groups -OCH3 is 1. The smallest absolute Gasteiger partial charge is 0.263 e. The van der Waals surface area contributed by atoms with Crippen LogP contribution in [0.4, 0.5) is 14.7 Å². The second kappa shape index (κ2) is 9.20. The van der Waals surface area contributed by atoms with Gasteiger partial charge < -0.3 is 19.9 Å². The number of nitrogens with zero attached hydrogens (tertiary/aromatic N) is 3. The zero-order valence-corrected chi connectivity index (χ0v) is 15.9. The zero-order valence-electron chi connectivity index (χ0n) is 15.9. The highest BCUT2D eigenvalue weighted by Crippen LogP contribution is 2.34. The predicted octanol–water partition coefficient (Wildman–Crippen LogP) is 3.48. The van der Waals surface area contributed by atoms with Gasteiger partial charge in [-0.3, -0.25) is 0 Å². The van der Waals surface area contributed by atoms with Gasteiger partial charge in [0.1, 0.15) is 11.4 Å². The fourth-order valence-electron chi connectivity index (χ4n) is 3.30. The van der Waals surface area contributed by atoms with E-state index in [1.54, 1.807) is 6.92 Å². The van der Waals surface area contributed by atoms with Gasteiger partial charge in [0.25, 0.3) is 6.43 Å². The molecule has 152 valence electrons. The van der Waals surface area contributed by atoms with Crippen LogP contribution in [0.3, 0.4) is 0 Å². The number of hydrogen-bond donors (Lipinski definition) is 2. The molecule has 0 aliphatic heterocycles. The summed E-state index contributed by atoms with van der Waals surface area (Å²) in [7, 11) is 1.45. The van der Waals surface area contributed by atoms with E-state index in [2.05, 4.69) is 20.5 Å². The summed E-state index contributed by atoms with van der Waals surface area (Å²) in [6.45, 7) is 1.69. The van der Waals surface area contributed by atoms with Crippen molar-refractivity contribution in [2.45, 2.75) is 51.2 Å². The van der Waals surface area contributed by atoms with Gasteiger partial charge in [-0.1, -0.05) is 6.07 Å². The van der Waals surface area contributed by atoms with Gasteiger partial charge in [-0.15, -0.1) is 10.2 Å². The number of rotatable bonds is 7. The van der Waals surface area contributed by atoms with Crippen LogP contribution in [-0.2, 0) is 4.74 Å². The maximum atomic E-state index is 13.0. The monoisotopic (exact) mass is 394 g/mol. The van der Waals surface area contributed by atoms with E-state index in [1.807, 2.05) is 0 Å². The Labute approximate surface area is 162 Å². The zero-order chi connectivity index (χ0) is 20.1. The van der Waals surface area contributed by atoms with Crippen molar-refractivity contribution in [3.63, 3.8) is 0 Å². The first-order valence-electron chi connectivity index (χ1n) is 9.18. The summed E-state index contributed by atoms with van der Waals surface area (Å²) in [5.41, 5.74) is 1.39. The second-order valence-electron chi connectivity index (χ2n) is 6.84. The largest absolute Gasteiger partial charge is 0.467 e. The average Bonchev–Trinajstić information content (AvgIpc) is 2.66. The molecule has 1 aromatic heterocycles. The predicted molar refractivity (Wildman–Crippen MR) is 99.3 cm³/mol. The number of ether oxygens (including phenoxy) is 2. The number of aliphatic hydroxyl groups excluding tert-OH is 1. The molecular weight excluding hydrogens is 370 g/mol. The third-order valence-electron chi connectivity index (χ3n) is 4.69. The van der Waals surface area contributed by atoms with Gasteiger partial charge in [-0.05, 0) is 44.7 Å². The first-order chi connectivity index (χ1) is 13.5. The van der Waals surface area contributed by atoms with E-state index in [9.17, 15) is 13.9 Å². The Balaban J connectivity index is 1.84. The lowest BCUT2D eigenvalue weighted by Crippen LogP contribution is -2.30. The van der Waals surface area contributed by atoms with Crippen molar-refractivity contribution in [3.05, 3.63) is 29.5 Å². The molecular formula is C19H24F2N4O3. The summed E-state index contributed by atoms with van der Waals surface area (Å²) in [6, 6.07) is 4.23. The molecule has 7 nitrogen and oxygen atoms in total. The number of aromatic nitrogens is 3. The highest BCUT2D eigenvalue weighted by molar-refractivity contribution is 5.69. The van der Waals surface area contributed by atoms with Crippen molar-refractivity contribution in [1.29, 1.82) is 0 Å². The number of aryl methyl sites for hydroxylation is 1. The SMILES string of the molecule is COCOc1cc(C(F)F)ccc1-c1nnc(N[C@@H]2CCC[C@H](O)C2)nc1C. The molecule has 28 heavy (non-hydrogen) atoms. The number of aliphatic hydroxyl groups is 1. The molecule has 0 unspecified atom stereocenters. The number of halogens is 2. The van der Waals surface area contributed by atoms with Gasteiger partial charge in [-0.25, -0.2) is 13.8 Å².